The molecule has 0 saturated heterocycles. The van der Waals surface area contributed by atoms with Crippen molar-refractivity contribution in [2.45, 2.75) is 45.1 Å². The number of nitrogens with one attached hydrogen (secondary N) is 1. The Balaban J connectivity index is 2.04. The molecule has 0 bridgehead atoms. The highest BCUT2D eigenvalue weighted by Gasteiger charge is 2.22. The van der Waals surface area contributed by atoms with Gasteiger partial charge in [0.15, 0.2) is 0 Å². The number of carbonyl (C=O) groups excluding carboxylic acids is 2. The van der Waals surface area contributed by atoms with Gasteiger partial charge in [-0.15, -0.1) is 0 Å². The van der Waals surface area contributed by atoms with Crippen LogP contribution in [0.15, 0.2) is 48.5 Å². The van der Waals surface area contributed by atoms with Crippen LogP contribution in [0, 0.1) is 0 Å². The van der Waals surface area contributed by atoms with Gasteiger partial charge in [0.2, 0.25) is 0 Å². The molecule has 0 fully saturated rings. The number of aliphatic hydroxyl groups is 1. The second-order valence-corrected chi connectivity index (χ2v) is 7.26. The molecule has 2 atom stereocenters. The van der Waals surface area contributed by atoms with Gasteiger partial charge in [-0.3, -0.25) is 9.59 Å². The second-order valence-electron chi connectivity index (χ2n) is 6.82. The minimum Gasteiger partial charge on any atom is -0.466 e. The van der Waals surface area contributed by atoms with Crippen molar-refractivity contribution < 1.29 is 19.4 Å². The zero-order valence-corrected chi connectivity index (χ0v) is 17.6. The van der Waals surface area contributed by atoms with Gasteiger partial charge >= 0.3 is 5.97 Å². The number of halogens is 1. The molecule has 2 rings (SSSR count). The molecule has 0 heterocycles. The molecule has 6 heteroatoms. The summed E-state index contributed by atoms with van der Waals surface area (Å²) in [6.07, 6.45) is 1.22. The van der Waals surface area contributed by atoms with E-state index < -0.39 is 6.10 Å². The van der Waals surface area contributed by atoms with E-state index in [0.717, 1.165) is 24.0 Å². The zero-order valence-electron chi connectivity index (χ0n) is 16.9. The van der Waals surface area contributed by atoms with Crippen LogP contribution in [0.2, 0.25) is 5.02 Å². The van der Waals surface area contributed by atoms with E-state index in [1.165, 1.54) is 0 Å². The molecule has 1 amide bonds. The summed E-state index contributed by atoms with van der Waals surface area (Å²) in [5.74, 6) is -0.657. The SMILES string of the molecule is CCC[C@H](c1ccc(C(=O)NCCC(=O)OCC)cc1)[C@H](O)c1ccc(Cl)cc1. The van der Waals surface area contributed by atoms with Gasteiger partial charge in [0.1, 0.15) is 0 Å². The molecule has 0 spiro atoms. The summed E-state index contributed by atoms with van der Waals surface area (Å²) < 4.78 is 4.84. The van der Waals surface area contributed by atoms with Gasteiger partial charge in [0, 0.05) is 23.0 Å². The standard InChI is InChI=1S/C23H28ClNO4/c1-3-5-20(22(27)17-10-12-19(24)13-11-17)16-6-8-18(9-7-16)23(28)25-15-14-21(26)29-4-2/h6-13,20,22,27H,3-5,14-15H2,1-2H3,(H,25,28)/t20-,22-/m1/s1. The largest absolute Gasteiger partial charge is 0.466 e. The fraction of sp³-hybridized carbons (Fsp3) is 0.391. The van der Waals surface area contributed by atoms with Crippen LogP contribution in [-0.2, 0) is 9.53 Å². The van der Waals surface area contributed by atoms with Gasteiger partial charge in [-0.05, 0) is 48.7 Å². The molecular formula is C23H28ClNO4. The number of amides is 1. The highest BCUT2D eigenvalue weighted by atomic mass is 35.5. The lowest BCUT2D eigenvalue weighted by molar-refractivity contribution is -0.142. The Bertz CT molecular complexity index is 790. The van der Waals surface area contributed by atoms with E-state index >= 15 is 0 Å². The van der Waals surface area contributed by atoms with Crippen LogP contribution in [0.1, 0.15) is 66.6 Å². The summed E-state index contributed by atoms with van der Waals surface area (Å²) in [7, 11) is 0. The highest BCUT2D eigenvalue weighted by molar-refractivity contribution is 6.30. The quantitative estimate of drug-likeness (QED) is 0.552. The van der Waals surface area contributed by atoms with Crippen molar-refractivity contribution >= 4 is 23.5 Å². The normalized spacial score (nSPS) is 12.8. The third-order valence-corrected chi connectivity index (χ3v) is 4.97. The van der Waals surface area contributed by atoms with Crippen molar-refractivity contribution in [1.29, 1.82) is 0 Å². The van der Waals surface area contributed by atoms with Crippen LogP contribution in [0.25, 0.3) is 0 Å². The molecule has 29 heavy (non-hydrogen) atoms. The molecule has 0 aliphatic carbocycles. The fourth-order valence-corrected chi connectivity index (χ4v) is 3.33. The second kappa shape index (κ2) is 11.6. The maximum atomic E-state index is 12.3. The van der Waals surface area contributed by atoms with Gasteiger partial charge in [-0.1, -0.05) is 49.2 Å². The maximum Gasteiger partial charge on any atom is 0.307 e. The third kappa shape index (κ3) is 6.87. The monoisotopic (exact) mass is 417 g/mol. The average molecular weight is 418 g/mol. The Kier molecular flexibility index (Phi) is 9.16. The van der Waals surface area contributed by atoms with Gasteiger partial charge < -0.3 is 15.2 Å². The summed E-state index contributed by atoms with van der Waals surface area (Å²) in [4.78, 5) is 23.6. The molecule has 2 N–H and O–H groups in total. The maximum absolute atomic E-state index is 12.3. The Labute approximate surface area is 177 Å². The van der Waals surface area contributed by atoms with E-state index in [1.54, 1.807) is 31.2 Å². The molecule has 0 aromatic heterocycles. The summed E-state index contributed by atoms with van der Waals surface area (Å²) in [5, 5.41) is 14.2. The first-order chi connectivity index (χ1) is 14.0. The van der Waals surface area contributed by atoms with Crippen molar-refractivity contribution in [3.05, 3.63) is 70.2 Å². The average Bonchev–Trinajstić information content (AvgIpc) is 2.72. The van der Waals surface area contributed by atoms with Crippen molar-refractivity contribution in [1.82, 2.24) is 5.32 Å². The molecule has 0 aliphatic rings. The number of aliphatic hydroxyl groups excluding tert-OH is 1. The van der Waals surface area contributed by atoms with E-state index in [9.17, 15) is 14.7 Å². The van der Waals surface area contributed by atoms with Crippen LogP contribution in [0.5, 0.6) is 0 Å². The van der Waals surface area contributed by atoms with Gasteiger partial charge in [-0.2, -0.15) is 0 Å². The van der Waals surface area contributed by atoms with Crippen LogP contribution >= 0.6 is 11.6 Å². The summed E-state index contributed by atoms with van der Waals surface area (Å²) in [5.41, 5.74) is 2.29. The van der Waals surface area contributed by atoms with E-state index in [4.69, 9.17) is 16.3 Å². The first-order valence-corrected chi connectivity index (χ1v) is 10.3. The number of benzene rings is 2. The minimum absolute atomic E-state index is 0.0814. The lowest BCUT2D eigenvalue weighted by atomic mass is 9.85. The number of esters is 1. The molecule has 5 nitrogen and oxygen atoms in total. The molecule has 0 unspecified atom stereocenters. The van der Waals surface area contributed by atoms with Crippen molar-refractivity contribution in [2.24, 2.45) is 0 Å². The highest BCUT2D eigenvalue weighted by Crippen LogP contribution is 2.35. The topological polar surface area (TPSA) is 75.6 Å². The first kappa shape index (κ1) is 22.9. The van der Waals surface area contributed by atoms with E-state index in [1.807, 2.05) is 24.3 Å². The van der Waals surface area contributed by atoms with Crippen LogP contribution in [-0.4, -0.2) is 30.1 Å². The molecule has 2 aromatic carbocycles. The molecule has 156 valence electrons. The summed E-state index contributed by atoms with van der Waals surface area (Å²) in [6, 6.07) is 14.4. The minimum atomic E-state index is -0.656. The number of carbonyl (C=O) groups is 2. The number of hydrogen-bond donors (Lipinski definition) is 2. The Morgan fingerprint density at radius 3 is 2.24 bits per heavy atom. The molecular weight excluding hydrogens is 390 g/mol. The predicted octanol–water partition coefficient (Wildman–Crippen LogP) is 4.64. The van der Waals surface area contributed by atoms with Crippen LogP contribution < -0.4 is 5.32 Å². The number of hydrogen-bond acceptors (Lipinski definition) is 4. The summed E-state index contributed by atoms with van der Waals surface area (Å²) >= 11 is 5.95. The van der Waals surface area contributed by atoms with Crippen molar-refractivity contribution in [3.8, 4) is 0 Å². The van der Waals surface area contributed by atoms with E-state index in [0.29, 0.717) is 17.2 Å². The first-order valence-electron chi connectivity index (χ1n) is 9.93. The lowest BCUT2D eigenvalue weighted by Crippen LogP contribution is -2.26. The van der Waals surface area contributed by atoms with E-state index in [2.05, 4.69) is 12.2 Å². The molecule has 0 radical (unpaired) electrons. The molecule has 2 aromatic rings. The van der Waals surface area contributed by atoms with Gasteiger partial charge in [0.25, 0.3) is 5.91 Å². The fourth-order valence-electron chi connectivity index (χ4n) is 3.21. The molecule has 0 aliphatic heterocycles. The predicted molar refractivity (Wildman–Crippen MR) is 114 cm³/mol. The Morgan fingerprint density at radius 1 is 1.03 bits per heavy atom. The Morgan fingerprint density at radius 2 is 1.66 bits per heavy atom. The number of ether oxygens (including phenoxy) is 1. The summed E-state index contributed by atoms with van der Waals surface area (Å²) in [6.45, 7) is 4.38. The van der Waals surface area contributed by atoms with Gasteiger partial charge in [0.05, 0.1) is 19.1 Å². The lowest BCUT2D eigenvalue weighted by Gasteiger charge is -2.24. The van der Waals surface area contributed by atoms with Crippen LogP contribution in [0.3, 0.4) is 0 Å². The zero-order chi connectivity index (χ0) is 21.2. The third-order valence-electron chi connectivity index (χ3n) is 4.71. The number of rotatable bonds is 10. The Hall–Kier alpha value is -2.37. The van der Waals surface area contributed by atoms with Crippen LogP contribution in [0.4, 0.5) is 0 Å². The molecule has 0 saturated carbocycles. The van der Waals surface area contributed by atoms with E-state index in [-0.39, 0.29) is 30.8 Å². The van der Waals surface area contributed by atoms with Crippen molar-refractivity contribution in [2.75, 3.05) is 13.2 Å². The van der Waals surface area contributed by atoms with Crippen molar-refractivity contribution in [3.63, 3.8) is 0 Å². The smallest absolute Gasteiger partial charge is 0.307 e. The van der Waals surface area contributed by atoms with Gasteiger partial charge in [-0.25, -0.2) is 0 Å².